The van der Waals surface area contributed by atoms with Crippen molar-refractivity contribution in [2.45, 2.75) is 38.5 Å². The molecule has 0 bridgehead atoms. The Morgan fingerprint density at radius 1 is 1.16 bits per heavy atom. The highest BCUT2D eigenvalue weighted by Crippen LogP contribution is 2.29. The first-order chi connectivity index (χ1) is 12.1. The van der Waals surface area contributed by atoms with Crippen LogP contribution < -0.4 is 10.2 Å². The largest absolute Gasteiger partial charge is 0.481 e. The summed E-state index contributed by atoms with van der Waals surface area (Å²) in [5.41, 5.74) is 0. The number of hydrogen-bond acceptors (Lipinski definition) is 5. The van der Waals surface area contributed by atoms with Crippen LogP contribution >= 0.6 is 0 Å². The fourth-order valence-electron chi connectivity index (χ4n) is 3.91. The van der Waals surface area contributed by atoms with Gasteiger partial charge in [0.25, 0.3) is 0 Å². The molecule has 1 saturated carbocycles. The van der Waals surface area contributed by atoms with Gasteiger partial charge in [-0.1, -0.05) is 6.42 Å². The molecule has 3 atom stereocenters. The summed E-state index contributed by atoms with van der Waals surface area (Å²) in [4.78, 5) is 34.3. The first-order valence-corrected chi connectivity index (χ1v) is 9.16. The van der Waals surface area contributed by atoms with Crippen LogP contribution in [-0.4, -0.2) is 46.6 Å². The zero-order valence-electron chi connectivity index (χ0n) is 14.4. The zero-order chi connectivity index (χ0) is 17.6. The minimum Gasteiger partial charge on any atom is -0.481 e. The zero-order valence-corrected chi connectivity index (χ0v) is 14.4. The number of piperidine rings is 1. The summed E-state index contributed by atoms with van der Waals surface area (Å²) in [6, 6.07) is 1.81. The van der Waals surface area contributed by atoms with Crippen LogP contribution in [0.15, 0.2) is 18.5 Å². The van der Waals surface area contributed by atoms with Crippen LogP contribution in [0.4, 0.5) is 5.95 Å². The van der Waals surface area contributed by atoms with Gasteiger partial charge in [-0.3, -0.25) is 9.59 Å². The van der Waals surface area contributed by atoms with Crippen molar-refractivity contribution >= 4 is 17.8 Å². The third kappa shape index (κ3) is 4.67. The minimum absolute atomic E-state index is 0.0130. The Hall–Kier alpha value is -2.18. The number of carboxylic acid groups (broad SMARTS) is 1. The highest BCUT2D eigenvalue weighted by molar-refractivity contribution is 5.80. The molecule has 1 aliphatic carbocycles. The van der Waals surface area contributed by atoms with Gasteiger partial charge < -0.3 is 15.3 Å². The first kappa shape index (κ1) is 17.6. The Labute approximate surface area is 147 Å². The lowest BCUT2D eigenvalue weighted by Gasteiger charge is -2.33. The molecule has 1 amide bonds. The molecule has 7 nitrogen and oxygen atoms in total. The third-order valence-electron chi connectivity index (χ3n) is 5.31. The van der Waals surface area contributed by atoms with Crippen LogP contribution in [0.2, 0.25) is 0 Å². The molecule has 3 rings (SSSR count). The van der Waals surface area contributed by atoms with Crippen molar-refractivity contribution in [1.82, 2.24) is 15.3 Å². The van der Waals surface area contributed by atoms with E-state index in [1.54, 1.807) is 18.5 Å². The Kier molecular flexibility index (Phi) is 5.83. The molecule has 1 aromatic rings. The number of rotatable bonds is 5. The van der Waals surface area contributed by atoms with Crippen molar-refractivity contribution in [2.75, 3.05) is 24.5 Å². The maximum atomic E-state index is 12.4. The molecule has 1 saturated heterocycles. The van der Waals surface area contributed by atoms with Gasteiger partial charge in [0, 0.05) is 37.9 Å². The number of anilines is 1. The summed E-state index contributed by atoms with van der Waals surface area (Å²) in [7, 11) is 0. The molecule has 25 heavy (non-hydrogen) atoms. The van der Waals surface area contributed by atoms with E-state index >= 15 is 0 Å². The lowest BCUT2D eigenvalue weighted by molar-refractivity contribution is -0.144. The molecule has 1 unspecified atom stereocenters. The van der Waals surface area contributed by atoms with Gasteiger partial charge in [0.2, 0.25) is 11.9 Å². The second kappa shape index (κ2) is 8.27. The second-order valence-electron chi connectivity index (χ2n) is 7.15. The van der Waals surface area contributed by atoms with Crippen LogP contribution in [0.1, 0.15) is 38.5 Å². The van der Waals surface area contributed by atoms with Gasteiger partial charge in [0.1, 0.15) is 0 Å². The molecule has 7 heteroatoms. The van der Waals surface area contributed by atoms with Gasteiger partial charge in [-0.15, -0.1) is 0 Å². The molecule has 0 spiro atoms. The number of carbonyl (C=O) groups is 2. The van der Waals surface area contributed by atoms with E-state index in [9.17, 15) is 9.59 Å². The quantitative estimate of drug-likeness (QED) is 0.842. The SMILES string of the molecule is O=C(O)[C@H]1CCC[C@@H](C(=O)NCC2CCCN(c3ncccn3)C2)C1. The highest BCUT2D eigenvalue weighted by Gasteiger charge is 2.31. The van der Waals surface area contributed by atoms with E-state index in [1.807, 2.05) is 0 Å². The van der Waals surface area contributed by atoms with Gasteiger partial charge in [-0.05, 0) is 44.1 Å². The molecule has 2 fully saturated rings. The molecule has 2 N–H and O–H groups in total. The molecular formula is C18H26N4O3. The average Bonchev–Trinajstić information content (AvgIpc) is 2.67. The highest BCUT2D eigenvalue weighted by atomic mass is 16.4. The van der Waals surface area contributed by atoms with Crippen molar-refractivity contribution in [3.8, 4) is 0 Å². The Morgan fingerprint density at radius 2 is 1.92 bits per heavy atom. The topological polar surface area (TPSA) is 95.4 Å². The van der Waals surface area contributed by atoms with Crippen molar-refractivity contribution < 1.29 is 14.7 Å². The van der Waals surface area contributed by atoms with Crippen molar-refractivity contribution in [3.63, 3.8) is 0 Å². The lowest BCUT2D eigenvalue weighted by Crippen LogP contribution is -2.43. The van der Waals surface area contributed by atoms with Crippen LogP contribution in [0.3, 0.4) is 0 Å². The number of carboxylic acids is 1. The maximum Gasteiger partial charge on any atom is 0.306 e. The predicted octanol–water partition coefficient (Wildman–Crippen LogP) is 1.70. The van der Waals surface area contributed by atoms with Gasteiger partial charge in [-0.2, -0.15) is 0 Å². The van der Waals surface area contributed by atoms with Crippen molar-refractivity contribution in [2.24, 2.45) is 17.8 Å². The Bertz CT molecular complexity index is 595. The second-order valence-corrected chi connectivity index (χ2v) is 7.15. The van der Waals surface area contributed by atoms with E-state index in [-0.39, 0.29) is 17.7 Å². The fourth-order valence-corrected chi connectivity index (χ4v) is 3.91. The molecule has 136 valence electrons. The van der Waals surface area contributed by atoms with E-state index in [2.05, 4.69) is 20.2 Å². The third-order valence-corrected chi connectivity index (χ3v) is 5.31. The molecule has 2 heterocycles. The predicted molar refractivity (Wildman–Crippen MR) is 93.1 cm³/mol. The smallest absolute Gasteiger partial charge is 0.306 e. The van der Waals surface area contributed by atoms with E-state index < -0.39 is 5.97 Å². The normalized spacial score (nSPS) is 26.9. The standard InChI is InChI=1S/C18H26N4O3/c23-16(14-5-1-6-15(10-14)17(24)25)21-11-13-4-2-9-22(12-13)18-19-7-3-8-20-18/h3,7-8,13-15H,1-2,4-6,9-12H2,(H,21,23)(H,24,25)/t13?,14-,15+/m1/s1. The van der Waals surface area contributed by atoms with Crippen molar-refractivity contribution in [1.29, 1.82) is 0 Å². The van der Waals surface area contributed by atoms with Crippen LogP contribution in [-0.2, 0) is 9.59 Å². The van der Waals surface area contributed by atoms with Crippen molar-refractivity contribution in [3.05, 3.63) is 18.5 Å². The fraction of sp³-hybridized carbons (Fsp3) is 0.667. The number of amides is 1. The van der Waals surface area contributed by atoms with Gasteiger partial charge in [-0.25, -0.2) is 9.97 Å². The number of carbonyl (C=O) groups excluding carboxylic acids is 1. The van der Waals surface area contributed by atoms with E-state index in [4.69, 9.17) is 5.11 Å². The average molecular weight is 346 g/mol. The number of aliphatic carboxylic acids is 1. The van der Waals surface area contributed by atoms with E-state index in [0.717, 1.165) is 44.7 Å². The summed E-state index contributed by atoms with van der Waals surface area (Å²) >= 11 is 0. The Morgan fingerprint density at radius 3 is 2.68 bits per heavy atom. The summed E-state index contributed by atoms with van der Waals surface area (Å²) in [6.45, 7) is 2.42. The molecule has 0 aromatic carbocycles. The van der Waals surface area contributed by atoms with Gasteiger partial charge >= 0.3 is 5.97 Å². The number of aromatic nitrogens is 2. The number of nitrogens with zero attached hydrogens (tertiary/aromatic N) is 3. The number of hydrogen-bond donors (Lipinski definition) is 2. The van der Waals surface area contributed by atoms with Crippen LogP contribution in [0, 0.1) is 17.8 Å². The van der Waals surface area contributed by atoms with Gasteiger partial charge in [0.15, 0.2) is 0 Å². The van der Waals surface area contributed by atoms with Crippen LogP contribution in [0.25, 0.3) is 0 Å². The Balaban J connectivity index is 1.48. The summed E-state index contributed by atoms with van der Waals surface area (Å²) < 4.78 is 0. The summed E-state index contributed by atoms with van der Waals surface area (Å²) in [5.74, 6) is -0.172. The molecule has 1 aliphatic heterocycles. The first-order valence-electron chi connectivity index (χ1n) is 9.16. The molecule has 0 radical (unpaired) electrons. The number of nitrogens with one attached hydrogen (secondary N) is 1. The monoisotopic (exact) mass is 346 g/mol. The lowest BCUT2D eigenvalue weighted by atomic mass is 9.81. The summed E-state index contributed by atoms with van der Waals surface area (Å²) in [6.07, 6.45) is 8.39. The maximum absolute atomic E-state index is 12.4. The minimum atomic E-state index is -0.775. The molecule has 2 aliphatic rings. The molecular weight excluding hydrogens is 320 g/mol. The van der Waals surface area contributed by atoms with Crippen LogP contribution in [0.5, 0.6) is 0 Å². The van der Waals surface area contributed by atoms with E-state index in [1.165, 1.54) is 0 Å². The summed E-state index contributed by atoms with van der Waals surface area (Å²) in [5, 5.41) is 12.2. The van der Waals surface area contributed by atoms with Gasteiger partial charge in [0.05, 0.1) is 5.92 Å². The van der Waals surface area contributed by atoms with E-state index in [0.29, 0.717) is 25.3 Å². The molecule has 1 aromatic heterocycles.